The molecule has 0 N–H and O–H groups in total. The van der Waals surface area contributed by atoms with E-state index in [1.165, 1.54) is 6.42 Å². The molecule has 0 amide bonds. The molecule has 0 radical (unpaired) electrons. The van der Waals surface area contributed by atoms with Gasteiger partial charge in [0.2, 0.25) is 0 Å². The molecule has 98 valence electrons. The minimum atomic E-state index is -1.89. The summed E-state index contributed by atoms with van der Waals surface area (Å²) >= 11 is 0. The van der Waals surface area contributed by atoms with E-state index in [0.29, 0.717) is 6.10 Å². The third-order valence-electron chi connectivity index (χ3n) is 2.80. The van der Waals surface area contributed by atoms with Crippen LogP contribution in [0.4, 0.5) is 0 Å². The Morgan fingerprint density at radius 3 is 2.12 bits per heavy atom. The SMILES string of the molecule is CCCO[Si](C)(CCC)OC(CC)CCC. The number of hydrogen-bond acceptors (Lipinski definition) is 2. The predicted octanol–water partition coefficient (Wildman–Crippen LogP) is 4.49. The lowest BCUT2D eigenvalue weighted by Crippen LogP contribution is -2.42. The summed E-state index contributed by atoms with van der Waals surface area (Å²) in [4.78, 5) is 0. The zero-order valence-corrected chi connectivity index (χ0v) is 12.8. The maximum Gasteiger partial charge on any atom is 0.335 e. The van der Waals surface area contributed by atoms with E-state index in [0.717, 1.165) is 38.3 Å². The summed E-state index contributed by atoms with van der Waals surface area (Å²) in [5, 5.41) is 0. The van der Waals surface area contributed by atoms with Crippen molar-refractivity contribution < 1.29 is 8.85 Å². The van der Waals surface area contributed by atoms with Gasteiger partial charge in [-0.3, -0.25) is 0 Å². The van der Waals surface area contributed by atoms with Crippen molar-refractivity contribution in [1.29, 1.82) is 0 Å². The molecule has 0 rings (SSSR count). The van der Waals surface area contributed by atoms with Gasteiger partial charge in [-0.15, -0.1) is 0 Å². The summed E-state index contributed by atoms with van der Waals surface area (Å²) in [6.45, 7) is 11.9. The van der Waals surface area contributed by atoms with E-state index >= 15 is 0 Å². The van der Waals surface area contributed by atoms with Crippen molar-refractivity contribution in [3.63, 3.8) is 0 Å². The van der Waals surface area contributed by atoms with E-state index in [2.05, 4.69) is 34.2 Å². The topological polar surface area (TPSA) is 18.5 Å². The Labute approximate surface area is 103 Å². The van der Waals surface area contributed by atoms with Crippen molar-refractivity contribution >= 4 is 8.56 Å². The second-order valence-electron chi connectivity index (χ2n) is 4.67. The first kappa shape index (κ1) is 16.1. The van der Waals surface area contributed by atoms with Crippen molar-refractivity contribution in [2.24, 2.45) is 0 Å². The van der Waals surface area contributed by atoms with Gasteiger partial charge in [0.05, 0.1) is 0 Å². The fourth-order valence-corrected chi connectivity index (χ4v) is 4.82. The smallest absolute Gasteiger partial charge is 0.335 e. The molecule has 0 heterocycles. The molecule has 16 heavy (non-hydrogen) atoms. The van der Waals surface area contributed by atoms with Crippen LogP contribution in [0.25, 0.3) is 0 Å². The zero-order valence-electron chi connectivity index (χ0n) is 11.8. The van der Waals surface area contributed by atoms with Gasteiger partial charge in [-0.2, -0.15) is 0 Å². The first-order valence-corrected chi connectivity index (χ1v) is 9.45. The summed E-state index contributed by atoms with van der Waals surface area (Å²) in [7, 11) is -1.89. The molecule has 0 fully saturated rings. The van der Waals surface area contributed by atoms with Gasteiger partial charge < -0.3 is 8.85 Å². The highest BCUT2D eigenvalue weighted by molar-refractivity contribution is 6.66. The first-order valence-electron chi connectivity index (χ1n) is 6.93. The summed E-state index contributed by atoms with van der Waals surface area (Å²) in [5.41, 5.74) is 0. The summed E-state index contributed by atoms with van der Waals surface area (Å²) < 4.78 is 12.3. The van der Waals surface area contributed by atoms with Crippen LogP contribution in [0, 0.1) is 0 Å². The van der Waals surface area contributed by atoms with Crippen LogP contribution in [-0.4, -0.2) is 21.3 Å². The molecular weight excluding hydrogens is 216 g/mol. The highest BCUT2D eigenvalue weighted by Crippen LogP contribution is 2.21. The third kappa shape index (κ3) is 6.66. The van der Waals surface area contributed by atoms with Crippen LogP contribution in [0.3, 0.4) is 0 Å². The molecule has 2 unspecified atom stereocenters. The molecule has 0 spiro atoms. The minimum absolute atomic E-state index is 0.407. The molecule has 0 aromatic heterocycles. The average Bonchev–Trinajstić information content (AvgIpc) is 2.26. The van der Waals surface area contributed by atoms with E-state index in [-0.39, 0.29) is 0 Å². The molecule has 0 saturated carbocycles. The monoisotopic (exact) mass is 246 g/mol. The van der Waals surface area contributed by atoms with Crippen molar-refractivity contribution in [1.82, 2.24) is 0 Å². The van der Waals surface area contributed by atoms with E-state index in [9.17, 15) is 0 Å². The van der Waals surface area contributed by atoms with Crippen LogP contribution >= 0.6 is 0 Å². The van der Waals surface area contributed by atoms with Crippen LogP contribution in [0.15, 0.2) is 0 Å². The Hall–Kier alpha value is 0.137. The lowest BCUT2D eigenvalue weighted by atomic mass is 10.2. The fourth-order valence-electron chi connectivity index (χ4n) is 1.96. The van der Waals surface area contributed by atoms with Crippen LogP contribution in [0.2, 0.25) is 12.6 Å². The molecule has 0 aliphatic carbocycles. The molecule has 0 aliphatic heterocycles. The molecule has 0 saturated heterocycles. The van der Waals surface area contributed by atoms with Gasteiger partial charge in [-0.1, -0.05) is 40.5 Å². The highest BCUT2D eigenvalue weighted by atomic mass is 28.4. The van der Waals surface area contributed by atoms with Gasteiger partial charge in [-0.25, -0.2) is 0 Å². The van der Waals surface area contributed by atoms with Crippen LogP contribution in [0.5, 0.6) is 0 Å². The van der Waals surface area contributed by atoms with Crippen LogP contribution < -0.4 is 0 Å². The molecule has 0 aromatic rings. The lowest BCUT2D eigenvalue weighted by molar-refractivity contribution is 0.106. The maximum atomic E-state index is 6.29. The second-order valence-corrected chi connectivity index (χ2v) is 7.96. The van der Waals surface area contributed by atoms with Crippen molar-refractivity contribution in [2.75, 3.05) is 6.61 Å². The van der Waals surface area contributed by atoms with Crippen molar-refractivity contribution in [3.05, 3.63) is 0 Å². The standard InChI is InChI=1S/C13H30O2Si/c1-6-10-13(9-4)15-16(5,12-8-3)14-11-7-2/h13H,6-12H2,1-5H3. The molecule has 3 heteroatoms. The van der Waals surface area contributed by atoms with Gasteiger partial charge in [0.1, 0.15) is 0 Å². The normalized spacial score (nSPS) is 17.1. The zero-order chi connectivity index (χ0) is 12.4. The molecule has 0 aromatic carbocycles. The lowest BCUT2D eigenvalue weighted by Gasteiger charge is -2.31. The first-order chi connectivity index (χ1) is 7.61. The van der Waals surface area contributed by atoms with Gasteiger partial charge in [0, 0.05) is 12.7 Å². The average molecular weight is 246 g/mol. The van der Waals surface area contributed by atoms with Crippen molar-refractivity contribution in [2.45, 2.75) is 78.5 Å². The second kappa shape index (κ2) is 9.20. The number of hydrogen-bond donors (Lipinski definition) is 0. The minimum Gasteiger partial charge on any atom is -0.394 e. The quantitative estimate of drug-likeness (QED) is 0.529. The Balaban J connectivity index is 4.26. The van der Waals surface area contributed by atoms with Gasteiger partial charge in [0.25, 0.3) is 0 Å². The van der Waals surface area contributed by atoms with E-state index in [1.54, 1.807) is 0 Å². The highest BCUT2D eigenvalue weighted by Gasteiger charge is 2.32. The molecular formula is C13H30O2Si. The molecule has 2 atom stereocenters. The number of rotatable bonds is 10. The van der Waals surface area contributed by atoms with E-state index in [1.807, 2.05) is 0 Å². The van der Waals surface area contributed by atoms with Gasteiger partial charge in [0.15, 0.2) is 0 Å². The Kier molecular flexibility index (Phi) is 9.28. The van der Waals surface area contributed by atoms with Crippen molar-refractivity contribution in [3.8, 4) is 0 Å². The summed E-state index contributed by atoms with van der Waals surface area (Å²) in [6, 6.07) is 1.12. The largest absolute Gasteiger partial charge is 0.394 e. The van der Waals surface area contributed by atoms with Crippen LogP contribution in [-0.2, 0) is 8.85 Å². The molecule has 0 aliphatic rings. The Bertz CT molecular complexity index is 164. The Morgan fingerprint density at radius 2 is 1.69 bits per heavy atom. The maximum absolute atomic E-state index is 6.29. The van der Waals surface area contributed by atoms with E-state index < -0.39 is 8.56 Å². The van der Waals surface area contributed by atoms with Gasteiger partial charge in [-0.05, 0) is 31.9 Å². The van der Waals surface area contributed by atoms with Gasteiger partial charge >= 0.3 is 8.56 Å². The Morgan fingerprint density at radius 1 is 1.00 bits per heavy atom. The summed E-state index contributed by atoms with van der Waals surface area (Å²) in [6.07, 6.45) is 6.12. The van der Waals surface area contributed by atoms with Crippen LogP contribution in [0.1, 0.15) is 59.8 Å². The third-order valence-corrected chi connectivity index (χ3v) is 5.85. The molecule has 2 nitrogen and oxygen atoms in total. The fraction of sp³-hybridized carbons (Fsp3) is 1.00. The van der Waals surface area contributed by atoms with E-state index in [4.69, 9.17) is 8.85 Å². The summed E-state index contributed by atoms with van der Waals surface area (Å²) in [5.74, 6) is 0. The molecule has 0 bridgehead atoms. The predicted molar refractivity (Wildman–Crippen MR) is 73.0 cm³/mol.